The largest absolute Gasteiger partial charge is 0.507 e. The zero-order valence-electron chi connectivity index (χ0n) is 57.1. The van der Waals surface area contributed by atoms with Gasteiger partial charge < -0.3 is 5.11 Å². The summed E-state index contributed by atoms with van der Waals surface area (Å²) < 4.78 is 161. The van der Waals surface area contributed by atoms with Crippen molar-refractivity contribution in [2.24, 2.45) is 0 Å². The lowest BCUT2D eigenvalue weighted by Crippen LogP contribution is -2.17. The number of imidazole rings is 1. The Hall–Kier alpha value is -6.26. The number of pyridine rings is 1. The molecule has 4 nitrogen and oxygen atoms in total. The summed E-state index contributed by atoms with van der Waals surface area (Å²) in [5.74, 6) is -2.33. The Balaban J connectivity index is 1.66. The van der Waals surface area contributed by atoms with E-state index in [4.69, 9.17) is 34.6 Å². The van der Waals surface area contributed by atoms with Crippen LogP contribution in [0.3, 0.4) is 0 Å². The first kappa shape index (κ1) is 28.7. The average molecular weight is 890 g/mol. The normalized spacial score (nSPS) is 17.7. The van der Waals surface area contributed by atoms with Crippen molar-refractivity contribution >= 4 is 11.0 Å². The van der Waals surface area contributed by atoms with Crippen molar-refractivity contribution < 1.29 is 29.8 Å². The van der Waals surface area contributed by atoms with E-state index in [1.54, 1.807) is 16.7 Å². The van der Waals surface area contributed by atoms with Crippen LogP contribution in [0.4, 0.5) is 0 Å². The van der Waals surface area contributed by atoms with Crippen molar-refractivity contribution in [3.63, 3.8) is 0 Å². The Morgan fingerprint density at radius 2 is 1.17 bits per heavy atom. The summed E-state index contributed by atoms with van der Waals surface area (Å²) in [4.78, 5) is 10.3. The molecule has 8 aromatic rings. The Kier molecular flexibility index (Phi) is 7.48. The van der Waals surface area contributed by atoms with Gasteiger partial charge in [-0.15, -0.1) is 0 Å². The molecule has 0 unspecified atom stereocenters. The summed E-state index contributed by atoms with van der Waals surface area (Å²) in [5.41, 5.74) is -0.564. The van der Waals surface area contributed by atoms with Crippen molar-refractivity contribution in [2.45, 2.75) is 132 Å². The van der Waals surface area contributed by atoms with Crippen LogP contribution in [0.2, 0.25) is 0 Å². The fourth-order valence-corrected chi connectivity index (χ4v) is 9.09. The Morgan fingerprint density at radius 3 is 1.76 bits per heavy atom. The first-order chi connectivity index (χ1) is 38.5. The summed E-state index contributed by atoms with van der Waals surface area (Å²) in [6, 6.07) is 36.0. The van der Waals surface area contributed by atoms with Gasteiger partial charge >= 0.3 is 0 Å². The highest BCUT2D eigenvalue weighted by Gasteiger charge is 2.31. The molecular weight excluding hydrogens is 803 g/mol. The van der Waals surface area contributed by atoms with Gasteiger partial charge in [-0.3, -0.25) is 9.55 Å². The number of phenols is 1. The lowest BCUT2D eigenvalue weighted by atomic mass is 9.78. The number of para-hydroxylation sites is 1. The third-order valence-corrected chi connectivity index (χ3v) is 12.6. The third-order valence-electron chi connectivity index (χ3n) is 12.6. The molecule has 4 heteroatoms. The van der Waals surface area contributed by atoms with E-state index in [0.29, 0.717) is 45.2 Å². The van der Waals surface area contributed by atoms with E-state index in [9.17, 15) is 5.11 Å². The summed E-state index contributed by atoms with van der Waals surface area (Å²) in [5, 5.41) is 13.2. The summed E-state index contributed by atoms with van der Waals surface area (Å²) in [7, 11) is 0. The zero-order chi connectivity index (χ0) is 62.6. The monoisotopic (exact) mass is 890 g/mol. The van der Waals surface area contributed by atoms with Crippen LogP contribution in [0.5, 0.6) is 5.75 Å². The van der Waals surface area contributed by atoms with Gasteiger partial charge in [0.05, 0.1) is 28.0 Å². The highest BCUT2D eigenvalue weighted by atomic mass is 16.3. The van der Waals surface area contributed by atoms with Crippen molar-refractivity contribution in [3.05, 3.63) is 166 Å². The Morgan fingerprint density at radius 1 is 0.576 bits per heavy atom. The molecule has 0 radical (unpaired) electrons. The molecule has 8 rings (SSSR count). The van der Waals surface area contributed by atoms with Gasteiger partial charge in [0.15, 0.2) is 0 Å². The molecule has 0 aliphatic carbocycles. The smallest absolute Gasteiger partial charge is 0.149 e. The van der Waals surface area contributed by atoms with Crippen LogP contribution < -0.4 is 0 Å². The van der Waals surface area contributed by atoms with Gasteiger partial charge in [0.1, 0.15) is 11.6 Å². The maximum atomic E-state index is 13.2. The molecule has 2 heterocycles. The van der Waals surface area contributed by atoms with E-state index >= 15 is 0 Å². The number of aromatic nitrogens is 3. The standard InChI is InChI=1S/C62H69N3O/c1-37(2)49-32-43(41-23-18-16-19-24-41)33-50(38(3)4)57(49)65-53-28-22-27-48(56(53)64-59(65)51-34-47(61(10,11)12)35-52(58(51)66)62(13,14)15)44-29-45(31-46(30-44)60(7,8)9)55-40(6)54(39(5)36-63-55)42-25-20-17-21-26-42/h16-38,66H,1-15H3/i10D3,11D3,12D3,13D3,14D3,15D3. The fraction of sp³-hybridized carbons (Fsp3) is 0.323. The van der Waals surface area contributed by atoms with Gasteiger partial charge in [0.25, 0.3) is 0 Å². The van der Waals surface area contributed by atoms with Crippen LogP contribution >= 0.6 is 0 Å². The molecule has 0 aliphatic heterocycles. The van der Waals surface area contributed by atoms with Crippen LogP contribution in [0.1, 0.15) is 165 Å². The SMILES string of the molecule is [2H]C([2H])([2H])C(c1cc(-c2nc3c(-c4cc(-c5ncc(C)c(-c6ccccc6)c5C)cc(C(C)(C)C)c4)cccc3n2-c2c(C(C)C)cc(-c3ccccc3)cc2C(C)C)c(O)c(C(C([2H])([2H])[2H])(C([2H])([2H])[2H])C([2H])([2H])[2H])c1)(C([2H])([2H])[2H])C([2H])([2H])[2H]. The molecule has 0 fully saturated rings. The van der Waals surface area contributed by atoms with Gasteiger partial charge in [-0.05, 0) is 140 Å². The molecular formula is C62H69N3O. The number of hydrogen-bond donors (Lipinski definition) is 1. The number of phenolic OH excluding ortho intramolecular Hbond substituents is 1. The second-order valence-electron chi connectivity index (χ2n) is 19.2. The molecule has 6 aromatic carbocycles. The van der Waals surface area contributed by atoms with Crippen molar-refractivity contribution in [3.8, 4) is 67.5 Å². The summed E-state index contributed by atoms with van der Waals surface area (Å²) in [6.07, 6.45) is 1.83. The second-order valence-corrected chi connectivity index (χ2v) is 19.2. The maximum Gasteiger partial charge on any atom is 0.149 e. The minimum absolute atomic E-state index is 0.216. The van der Waals surface area contributed by atoms with Crippen LogP contribution in [0.15, 0.2) is 128 Å². The van der Waals surface area contributed by atoms with Crippen LogP contribution in [0.25, 0.3) is 72.7 Å². The number of aryl methyl sites for hydroxylation is 1. The van der Waals surface area contributed by atoms with Crippen LogP contribution in [-0.4, -0.2) is 19.6 Å². The molecule has 0 saturated heterocycles. The predicted octanol–water partition coefficient (Wildman–Crippen LogP) is 17.2. The van der Waals surface area contributed by atoms with E-state index in [1.807, 2.05) is 139 Å². The number of fused-ring (bicyclic) bond motifs is 1. The van der Waals surface area contributed by atoms with Crippen LogP contribution in [0, 0.1) is 13.8 Å². The van der Waals surface area contributed by atoms with E-state index in [-0.39, 0.29) is 23.2 Å². The number of hydrogen-bond acceptors (Lipinski definition) is 3. The Labute approximate surface area is 420 Å². The average Bonchev–Trinajstić information content (AvgIpc) is 0.961. The second kappa shape index (κ2) is 17.2. The minimum Gasteiger partial charge on any atom is -0.507 e. The minimum atomic E-state index is -4.14. The first-order valence-corrected chi connectivity index (χ1v) is 22.4. The Bertz CT molecular complexity index is 3680. The van der Waals surface area contributed by atoms with E-state index in [0.717, 1.165) is 50.6 Å². The van der Waals surface area contributed by atoms with Gasteiger partial charge in [-0.25, -0.2) is 4.98 Å². The summed E-state index contributed by atoms with van der Waals surface area (Å²) in [6.45, 7) is -6.48. The van der Waals surface area contributed by atoms with E-state index in [1.165, 1.54) is 0 Å². The van der Waals surface area contributed by atoms with Crippen molar-refractivity contribution in [1.82, 2.24) is 14.5 Å². The van der Waals surface area contributed by atoms with E-state index in [2.05, 4.69) is 26.8 Å². The molecule has 0 saturated carbocycles. The lowest BCUT2D eigenvalue weighted by Gasteiger charge is -2.28. The highest BCUT2D eigenvalue weighted by molar-refractivity contribution is 5.97. The predicted molar refractivity (Wildman–Crippen MR) is 281 cm³/mol. The third kappa shape index (κ3) is 8.63. The fourth-order valence-electron chi connectivity index (χ4n) is 9.09. The lowest BCUT2D eigenvalue weighted by molar-refractivity contribution is 0.446. The molecule has 338 valence electrons. The molecule has 0 amide bonds. The number of benzene rings is 6. The van der Waals surface area contributed by atoms with Gasteiger partial charge in [-0.1, -0.05) is 175 Å². The molecule has 1 N–H and O–H groups in total. The topological polar surface area (TPSA) is 50.9 Å². The zero-order valence-corrected chi connectivity index (χ0v) is 39.1. The van der Waals surface area contributed by atoms with E-state index < -0.39 is 79.8 Å². The van der Waals surface area contributed by atoms with Gasteiger partial charge in [0.2, 0.25) is 0 Å². The molecule has 66 heavy (non-hydrogen) atoms. The van der Waals surface area contributed by atoms with Crippen LogP contribution in [-0.2, 0) is 16.2 Å². The highest BCUT2D eigenvalue weighted by Crippen LogP contribution is 2.47. The molecule has 0 atom stereocenters. The first-order valence-electron chi connectivity index (χ1n) is 31.4. The van der Waals surface area contributed by atoms with Crippen molar-refractivity contribution in [1.29, 1.82) is 0 Å². The van der Waals surface area contributed by atoms with Crippen molar-refractivity contribution in [2.75, 3.05) is 0 Å². The van der Waals surface area contributed by atoms with Gasteiger partial charge in [-0.2, -0.15) is 0 Å². The summed E-state index contributed by atoms with van der Waals surface area (Å²) >= 11 is 0. The molecule has 0 aliphatic rings. The molecule has 0 bridgehead atoms. The van der Waals surface area contributed by atoms with Gasteiger partial charge in [0, 0.05) is 47.6 Å². The number of aromatic hydroxyl groups is 1. The molecule has 2 aromatic heterocycles. The quantitative estimate of drug-likeness (QED) is 0.165. The number of rotatable bonds is 8. The maximum absolute atomic E-state index is 13.2. The molecule has 0 spiro atoms. The number of nitrogens with zero attached hydrogens (tertiary/aromatic N) is 3.